The van der Waals surface area contributed by atoms with Gasteiger partial charge in [0, 0.05) is 5.56 Å². The highest BCUT2D eigenvalue weighted by atomic mass is 32.1. The molecule has 1 heterocycles. The number of nitrogens with one attached hydrogen (secondary N) is 2. The average molecular weight is 324 g/mol. The Bertz CT molecular complexity index is 700. The number of alkyl halides is 3. The van der Waals surface area contributed by atoms with E-state index in [0.717, 1.165) is 12.1 Å². The maximum Gasteiger partial charge on any atom is 0.416 e. The summed E-state index contributed by atoms with van der Waals surface area (Å²) in [7, 11) is 0. The summed E-state index contributed by atoms with van der Waals surface area (Å²) >= 11 is 1.38. The Hall–Kier alpha value is -2.46. The molecule has 2 rings (SSSR count). The van der Waals surface area contributed by atoms with E-state index >= 15 is 0 Å². The van der Waals surface area contributed by atoms with Gasteiger partial charge in [0.1, 0.15) is 0 Å². The molecule has 22 heavy (non-hydrogen) atoms. The second-order valence-electron chi connectivity index (χ2n) is 4.17. The largest absolute Gasteiger partial charge is 0.416 e. The second-order valence-corrected chi connectivity index (χ2v) is 5.11. The number of carbonyl (C=O) groups excluding carboxylic acids is 1. The van der Waals surface area contributed by atoms with Crippen LogP contribution in [-0.2, 0) is 6.18 Å². The Labute approximate surface area is 129 Å². The van der Waals surface area contributed by atoms with E-state index in [1.165, 1.54) is 23.5 Å². The first-order chi connectivity index (χ1) is 10.4. The van der Waals surface area contributed by atoms with Crippen molar-refractivity contribution in [1.29, 1.82) is 0 Å². The third-order valence-corrected chi connectivity index (χ3v) is 3.30. The third-order valence-electron chi connectivity index (χ3n) is 2.52. The first kappa shape index (κ1) is 15.9. The van der Waals surface area contributed by atoms with Gasteiger partial charge in [0.2, 0.25) is 0 Å². The number of thiophene rings is 1. The zero-order chi connectivity index (χ0) is 16.0. The van der Waals surface area contributed by atoms with E-state index in [4.69, 9.17) is 0 Å². The van der Waals surface area contributed by atoms with Crippen molar-refractivity contribution in [2.75, 3.05) is 11.9 Å². The summed E-state index contributed by atoms with van der Waals surface area (Å²) in [6, 6.07) is 7.86. The van der Waals surface area contributed by atoms with Crippen LogP contribution >= 0.6 is 11.3 Å². The molecule has 0 aliphatic heterocycles. The van der Waals surface area contributed by atoms with Crippen molar-refractivity contribution >= 4 is 22.4 Å². The Balaban J connectivity index is 1.87. The molecule has 2 aromatic rings. The van der Waals surface area contributed by atoms with Crippen LogP contribution in [0.1, 0.15) is 11.1 Å². The van der Waals surface area contributed by atoms with Gasteiger partial charge in [-0.3, -0.25) is 5.32 Å². The molecule has 1 aromatic heterocycles. The van der Waals surface area contributed by atoms with Gasteiger partial charge in [-0.15, -0.1) is 11.3 Å². The topological polar surface area (TPSA) is 41.1 Å². The minimum atomic E-state index is -4.39. The van der Waals surface area contributed by atoms with Crippen LogP contribution in [0.15, 0.2) is 41.8 Å². The zero-order valence-electron chi connectivity index (χ0n) is 11.2. The fourth-order valence-electron chi connectivity index (χ4n) is 1.55. The van der Waals surface area contributed by atoms with E-state index in [0.29, 0.717) is 5.00 Å². The van der Waals surface area contributed by atoms with Crippen LogP contribution in [0.5, 0.6) is 0 Å². The summed E-state index contributed by atoms with van der Waals surface area (Å²) in [6.07, 6.45) is -4.39. The number of anilines is 1. The number of hydrogen-bond donors (Lipinski definition) is 2. The summed E-state index contributed by atoms with van der Waals surface area (Å²) in [5.74, 6) is 5.19. The van der Waals surface area contributed by atoms with Crippen LogP contribution in [0.2, 0.25) is 0 Å². The molecule has 7 heteroatoms. The molecule has 0 bridgehead atoms. The van der Waals surface area contributed by atoms with Crippen molar-refractivity contribution in [3.63, 3.8) is 0 Å². The number of carbonyl (C=O) groups is 1. The van der Waals surface area contributed by atoms with E-state index < -0.39 is 17.8 Å². The van der Waals surface area contributed by atoms with Crippen molar-refractivity contribution in [3.05, 3.63) is 52.9 Å². The van der Waals surface area contributed by atoms with E-state index in [1.54, 1.807) is 12.1 Å². The number of amides is 2. The van der Waals surface area contributed by atoms with Gasteiger partial charge in [0.05, 0.1) is 17.1 Å². The molecule has 0 radical (unpaired) electrons. The van der Waals surface area contributed by atoms with Gasteiger partial charge in [-0.2, -0.15) is 13.2 Å². The lowest BCUT2D eigenvalue weighted by Crippen LogP contribution is -2.28. The van der Waals surface area contributed by atoms with Crippen molar-refractivity contribution in [3.8, 4) is 11.8 Å². The van der Waals surface area contributed by atoms with Gasteiger partial charge in [-0.05, 0) is 35.7 Å². The number of urea groups is 1. The lowest BCUT2D eigenvalue weighted by atomic mass is 10.1. The van der Waals surface area contributed by atoms with Gasteiger partial charge in [0.25, 0.3) is 0 Å². The molecule has 1 aromatic carbocycles. The summed E-state index contributed by atoms with van der Waals surface area (Å²) in [4.78, 5) is 11.5. The minimum Gasteiger partial charge on any atom is -0.327 e. The summed E-state index contributed by atoms with van der Waals surface area (Å²) in [5, 5.41) is 7.62. The lowest BCUT2D eigenvalue weighted by molar-refractivity contribution is -0.137. The molecular weight excluding hydrogens is 313 g/mol. The normalized spacial score (nSPS) is 10.5. The molecule has 3 nitrogen and oxygen atoms in total. The van der Waals surface area contributed by atoms with Crippen LogP contribution in [0, 0.1) is 11.8 Å². The van der Waals surface area contributed by atoms with Crippen LogP contribution in [0.25, 0.3) is 0 Å². The molecule has 0 atom stereocenters. The first-order valence-electron chi connectivity index (χ1n) is 6.19. The molecular formula is C15H11F3N2OS. The minimum absolute atomic E-state index is 0.0352. The van der Waals surface area contributed by atoms with E-state index in [-0.39, 0.29) is 12.1 Å². The van der Waals surface area contributed by atoms with Crippen LogP contribution in [-0.4, -0.2) is 12.6 Å². The summed E-state index contributed by atoms with van der Waals surface area (Å²) in [5.41, 5.74) is -0.502. The van der Waals surface area contributed by atoms with E-state index in [2.05, 4.69) is 22.5 Å². The van der Waals surface area contributed by atoms with Gasteiger partial charge < -0.3 is 5.32 Å². The highest BCUT2D eigenvalue weighted by Gasteiger charge is 2.30. The Morgan fingerprint density at radius 2 is 2.05 bits per heavy atom. The van der Waals surface area contributed by atoms with Gasteiger partial charge in [-0.25, -0.2) is 4.79 Å². The molecule has 0 saturated heterocycles. The van der Waals surface area contributed by atoms with Crippen LogP contribution in [0.4, 0.5) is 23.0 Å². The van der Waals surface area contributed by atoms with E-state index in [1.807, 2.05) is 5.38 Å². The number of benzene rings is 1. The molecule has 0 aliphatic carbocycles. The first-order valence-corrected chi connectivity index (χ1v) is 7.07. The Morgan fingerprint density at radius 3 is 2.73 bits per heavy atom. The fourth-order valence-corrected chi connectivity index (χ4v) is 2.16. The Kier molecular flexibility index (Phi) is 5.07. The molecule has 2 N–H and O–H groups in total. The average Bonchev–Trinajstić information content (AvgIpc) is 2.96. The lowest BCUT2D eigenvalue weighted by Gasteiger charge is -2.05. The SMILES string of the molecule is O=C(NCC#Cc1cccc(C(F)(F)F)c1)Nc1cccs1. The van der Waals surface area contributed by atoms with Crippen molar-refractivity contribution in [1.82, 2.24) is 5.32 Å². The highest BCUT2D eigenvalue weighted by molar-refractivity contribution is 7.14. The predicted molar refractivity (Wildman–Crippen MR) is 79.7 cm³/mol. The highest BCUT2D eigenvalue weighted by Crippen LogP contribution is 2.29. The smallest absolute Gasteiger partial charge is 0.327 e. The second kappa shape index (κ2) is 7.00. The molecule has 0 saturated carbocycles. The van der Waals surface area contributed by atoms with Gasteiger partial charge in [-0.1, -0.05) is 17.9 Å². The molecule has 0 aliphatic rings. The quantitative estimate of drug-likeness (QED) is 0.807. The van der Waals surface area contributed by atoms with Crippen LogP contribution in [0.3, 0.4) is 0 Å². The summed E-state index contributed by atoms with van der Waals surface area (Å²) in [6.45, 7) is 0.0352. The van der Waals surface area contributed by atoms with Gasteiger partial charge in [0.15, 0.2) is 0 Å². The maximum absolute atomic E-state index is 12.5. The maximum atomic E-state index is 12.5. The molecule has 0 fully saturated rings. The number of halogens is 3. The standard InChI is InChI=1S/C15H11F3N2OS/c16-15(17,18)12-6-1-4-11(10-12)5-2-8-19-14(21)20-13-7-3-9-22-13/h1,3-4,6-7,9-10H,8H2,(H2,19,20,21). The Morgan fingerprint density at radius 1 is 1.23 bits per heavy atom. The van der Waals surface area contributed by atoms with E-state index in [9.17, 15) is 18.0 Å². The number of rotatable bonds is 2. The van der Waals surface area contributed by atoms with Crippen molar-refractivity contribution in [2.45, 2.75) is 6.18 Å². The third kappa shape index (κ3) is 4.82. The van der Waals surface area contributed by atoms with Crippen LogP contribution < -0.4 is 10.6 Å². The molecule has 2 amide bonds. The van der Waals surface area contributed by atoms with Crippen molar-refractivity contribution < 1.29 is 18.0 Å². The van der Waals surface area contributed by atoms with Crippen molar-refractivity contribution in [2.24, 2.45) is 0 Å². The monoisotopic (exact) mass is 324 g/mol. The summed E-state index contributed by atoms with van der Waals surface area (Å²) < 4.78 is 37.6. The van der Waals surface area contributed by atoms with Gasteiger partial charge >= 0.3 is 12.2 Å². The molecule has 0 spiro atoms. The zero-order valence-corrected chi connectivity index (χ0v) is 12.0. The number of hydrogen-bond acceptors (Lipinski definition) is 2. The molecule has 114 valence electrons. The fraction of sp³-hybridized carbons (Fsp3) is 0.133. The molecule has 0 unspecified atom stereocenters. The predicted octanol–water partition coefficient (Wildman–Crippen LogP) is 3.94.